The van der Waals surface area contributed by atoms with Crippen LogP contribution in [0.3, 0.4) is 0 Å². The molecule has 0 saturated carbocycles. The summed E-state index contributed by atoms with van der Waals surface area (Å²) in [6, 6.07) is 35.5. The van der Waals surface area contributed by atoms with Gasteiger partial charge in [0.15, 0.2) is 0 Å². The third-order valence-corrected chi connectivity index (χ3v) is 6.22. The van der Waals surface area contributed by atoms with Gasteiger partial charge in [0.2, 0.25) is 0 Å². The molecule has 0 aromatic heterocycles. The topological polar surface area (TPSA) is 52.6 Å². The summed E-state index contributed by atoms with van der Waals surface area (Å²) < 4.78 is 11.1. The van der Waals surface area contributed by atoms with E-state index in [1.165, 1.54) is 0 Å². The van der Waals surface area contributed by atoms with Crippen molar-refractivity contribution in [3.8, 4) is 0 Å². The first-order valence-corrected chi connectivity index (χ1v) is 12.0. The first-order valence-electron chi connectivity index (χ1n) is 12.0. The summed E-state index contributed by atoms with van der Waals surface area (Å²) in [5.41, 5.74) is 3.60. The molecular weight excluding hydrogens is 448 g/mol. The minimum atomic E-state index is -0.279. The third-order valence-electron chi connectivity index (χ3n) is 6.22. The molecule has 0 atom stereocenters. The Bertz CT molecular complexity index is 1410. The van der Waals surface area contributed by atoms with Crippen molar-refractivity contribution in [2.24, 2.45) is 0 Å². The molecular formula is C32H26O4. The van der Waals surface area contributed by atoms with E-state index in [4.69, 9.17) is 9.47 Å². The van der Waals surface area contributed by atoms with Gasteiger partial charge < -0.3 is 9.47 Å². The van der Waals surface area contributed by atoms with Crippen LogP contribution in [0.2, 0.25) is 0 Å². The van der Waals surface area contributed by atoms with E-state index in [1.54, 1.807) is 0 Å². The summed E-state index contributed by atoms with van der Waals surface area (Å²) >= 11 is 0. The predicted molar refractivity (Wildman–Crippen MR) is 141 cm³/mol. The summed E-state index contributed by atoms with van der Waals surface area (Å²) in [5, 5.41) is 4.32. The molecule has 5 rings (SSSR count). The fourth-order valence-electron chi connectivity index (χ4n) is 4.44. The lowest BCUT2D eigenvalue weighted by Crippen LogP contribution is -2.09. The highest BCUT2D eigenvalue weighted by molar-refractivity contribution is 5.89. The normalized spacial score (nSPS) is 10.9. The Kier molecular flexibility index (Phi) is 7.04. The van der Waals surface area contributed by atoms with Crippen LogP contribution in [0.4, 0.5) is 0 Å². The molecule has 0 aliphatic heterocycles. The van der Waals surface area contributed by atoms with Crippen LogP contribution in [0.15, 0.2) is 109 Å². The van der Waals surface area contributed by atoms with Gasteiger partial charge in [-0.3, -0.25) is 9.59 Å². The molecule has 0 saturated heterocycles. The Balaban J connectivity index is 1.15. The number of benzene rings is 5. The Morgan fingerprint density at radius 1 is 0.500 bits per heavy atom. The number of carbonyl (C=O) groups is 2. The van der Waals surface area contributed by atoms with Gasteiger partial charge in [-0.25, -0.2) is 0 Å². The van der Waals surface area contributed by atoms with Crippen molar-refractivity contribution >= 4 is 33.5 Å². The van der Waals surface area contributed by atoms with Gasteiger partial charge in [0.05, 0.1) is 12.8 Å². The molecule has 36 heavy (non-hydrogen) atoms. The fourth-order valence-corrected chi connectivity index (χ4v) is 4.44. The molecule has 0 spiro atoms. The first kappa shape index (κ1) is 23.3. The van der Waals surface area contributed by atoms with Crippen molar-refractivity contribution in [1.82, 2.24) is 0 Å². The lowest BCUT2D eigenvalue weighted by Gasteiger charge is -2.10. The number of hydrogen-bond acceptors (Lipinski definition) is 4. The van der Waals surface area contributed by atoms with E-state index in [0.717, 1.165) is 43.8 Å². The highest BCUT2D eigenvalue weighted by Crippen LogP contribution is 2.21. The smallest absolute Gasteiger partial charge is 0.310 e. The number of ether oxygens (including phenoxy) is 2. The average Bonchev–Trinajstić information content (AvgIpc) is 2.91. The zero-order chi connectivity index (χ0) is 24.7. The molecule has 0 heterocycles. The number of rotatable bonds is 8. The Labute approximate surface area is 210 Å². The van der Waals surface area contributed by atoms with Gasteiger partial charge in [0.25, 0.3) is 0 Å². The number of fused-ring (bicyclic) bond motifs is 2. The van der Waals surface area contributed by atoms with E-state index in [2.05, 4.69) is 0 Å². The van der Waals surface area contributed by atoms with Crippen molar-refractivity contribution in [3.63, 3.8) is 0 Å². The van der Waals surface area contributed by atoms with Crippen molar-refractivity contribution in [2.45, 2.75) is 26.1 Å². The number of carbonyl (C=O) groups excluding carboxylic acids is 2. The van der Waals surface area contributed by atoms with Crippen molar-refractivity contribution in [3.05, 3.63) is 131 Å². The SMILES string of the molecule is O=C(Cc1cccc2ccccc12)OCc1cccc(COC(=O)Cc2cccc3ccccc23)c1. The molecule has 4 heteroatoms. The van der Waals surface area contributed by atoms with Crippen molar-refractivity contribution < 1.29 is 19.1 Å². The van der Waals surface area contributed by atoms with E-state index < -0.39 is 0 Å². The van der Waals surface area contributed by atoms with Gasteiger partial charge in [-0.2, -0.15) is 0 Å². The lowest BCUT2D eigenvalue weighted by atomic mass is 10.0. The minimum Gasteiger partial charge on any atom is -0.461 e. The van der Waals surface area contributed by atoms with Crippen LogP contribution in [-0.4, -0.2) is 11.9 Å². The molecule has 0 unspecified atom stereocenters. The summed E-state index contributed by atoms with van der Waals surface area (Å²) in [5.74, 6) is -0.559. The molecule has 0 radical (unpaired) electrons. The summed E-state index contributed by atoms with van der Waals surface area (Å²) in [7, 11) is 0. The largest absolute Gasteiger partial charge is 0.461 e. The van der Waals surface area contributed by atoms with Crippen LogP contribution in [-0.2, 0) is 45.1 Å². The van der Waals surface area contributed by atoms with Crippen LogP contribution in [0.5, 0.6) is 0 Å². The van der Waals surface area contributed by atoms with Crippen LogP contribution in [0, 0.1) is 0 Å². The van der Waals surface area contributed by atoms with E-state index in [9.17, 15) is 9.59 Å². The maximum absolute atomic E-state index is 12.5. The van der Waals surface area contributed by atoms with Gasteiger partial charge in [-0.1, -0.05) is 103 Å². The Hall–Kier alpha value is -4.44. The average molecular weight is 475 g/mol. The first-order chi connectivity index (χ1) is 17.7. The van der Waals surface area contributed by atoms with E-state index in [1.807, 2.05) is 109 Å². The zero-order valence-electron chi connectivity index (χ0n) is 19.9. The minimum absolute atomic E-state index is 0.168. The van der Waals surface area contributed by atoms with Crippen molar-refractivity contribution in [2.75, 3.05) is 0 Å². The molecule has 0 aliphatic carbocycles. The number of esters is 2. The Morgan fingerprint density at radius 2 is 0.917 bits per heavy atom. The molecule has 4 nitrogen and oxygen atoms in total. The molecule has 0 fully saturated rings. The highest BCUT2D eigenvalue weighted by atomic mass is 16.5. The standard InChI is InChI=1S/C32H26O4/c33-31(19-27-14-6-12-25-10-1-3-16-29(25)27)35-21-23-8-5-9-24(18-23)22-36-32(34)20-28-15-7-13-26-11-2-4-17-30(26)28/h1-18H,19-22H2. The van der Waals surface area contributed by atoms with Gasteiger partial charge >= 0.3 is 11.9 Å². The molecule has 0 N–H and O–H groups in total. The second-order valence-electron chi connectivity index (χ2n) is 8.77. The zero-order valence-corrected chi connectivity index (χ0v) is 19.9. The molecule has 5 aromatic rings. The molecule has 0 aliphatic rings. The van der Waals surface area contributed by atoms with Crippen LogP contribution >= 0.6 is 0 Å². The summed E-state index contributed by atoms with van der Waals surface area (Å²) in [4.78, 5) is 25.0. The maximum atomic E-state index is 12.5. The molecule has 0 amide bonds. The highest BCUT2D eigenvalue weighted by Gasteiger charge is 2.11. The molecule has 5 aromatic carbocycles. The van der Waals surface area contributed by atoms with E-state index in [-0.39, 0.29) is 38.0 Å². The van der Waals surface area contributed by atoms with Gasteiger partial charge in [0, 0.05) is 0 Å². The van der Waals surface area contributed by atoms with Crippen LogP contribution in [0.25, 0.3) is 21.5 Å². The third kappa shape index (κ3) is 5.61. The van der Waals surface area contributed by atoms with Crippen LogP contribution in [0.1, 0.15) is 22.3 Å². The second-order valence-corrected chi connectivity index (χ2v) is 8.77. The quantitative estimate of drug-likeness (QED) is 0.239. The second kappa shape index (κ2) is 10.9. The molecule has 0 bridgehead atoms. The monoisotopic (exact) mass is 474 g/mol. The van der Waals surface area contributed by atoms with Crippen LogP contribution < -0.4 is 0 Å². The summed E-state index contributed by atoms with van der Waals surface area (Å²) in [6.45, 7) is 0.336. The lowest BCUT2D eigenvalue weighted by molar-refractivity contribution is -0.144. The molecule has 178 valence electrons. The maximum Gasteiger partial charge on any atom is 0.310 e. The van der Waals surface area contributed by atoms with Crippen molar-refractivity contribution in [1.29, 1.82) is 0 Å². The van der Waals surface area contributed by atoms with Gasteiger partial charge in [-0.15, -0.1) is 0 Å². The predicted octanol–water partition coefficient (Wildman–Crippen LogP) is 6.56. The summed E-state index contributed by atoms with van der Waals surface area (Å²) in [6.07, 6.45) is 0.430. The van der Waals surface area contributed by atoms with Gasteiger partial charge in [0.1, 0.15) is 13.2 Å². The fraction of sp³-hybridized carbons (Fsp3) is 0.125. The van der Waals surface area contributed by atoms with E-state index in [0.29, 0.717) is 0 Å². The Morgan fingerprint density at radius 3 is 1.42 bits per heavy atom. The van der Waals surface area contributed by atoms with E-state index >= 15 is 0 Å². The van der Waals surface area contributed by atoms with Gasteiger partial charge in [-0.05, 0) is 49.9 Å². The number of hydrogen-bond donors (Lipinski definition) is 0.